The molecule has 3 rings (SSSR count). The Balaban J connectivity index is 1.71. The van der Waals surface area contributed by atoms with Crippen LogP contribution in [0, 0.1) is 0 Å². The topological polar surface area (TPSA) is 59.0 Å². The van der Waals surface area contributed by atoms with Crippen molar-refractivity contribution in [2.75, 3.05) is 13.1 Å². The molecule has 1 fully saturated rings. The zero-order valence-electron chi connectivity index (χ0n) is 14.1. The Labute approximate surface area is 146 Å². The van der Waals surface area contributed by atoms with Gasteiger partial charge in [-0.15, -0.1) is 0 Å². The average Bonchev–Trinajstić information content (AvgIpc) is 2.67. The minimum Gasteiger partial charge on any atom is -0.342 e. The van der Waals surface area contributed by atoms with Gasteiger partial charge >= 0.3 is 5.97 Å². The summed E-state index contributed by atoms with van der Waals surface area (Å²) in [5.74, 6) is -0.409. The molecule has 5 heteroatoms. The maximum Gasteiger partial charge on any atom is 0.366 e. The number of likely N-dealkylation sites (tertiary alicyclic amines) is 1. The number of oxime groups is 1. The van der Waals surface area contributed by atoms with Crippen LogP contribution in [-0.2, 0) is 9.63 Å². The quantitative estimate of drug-likeness (QED) is 0.636. The number of carbonyl (C=O) groups excluding carboxylic acids is 2. The van der Waals surface area contributed by atoms with Crippen LogP contribution in [-0.4, -0.2) is 35.6 Å². The molecular formula is C20H20N2O3. The third-order valence-electron chi connectivity index (χ3n) is 4.28. The van der Waals surface area contributed by atoms with Crippen LogP contribution in [0.5, 0.6) is 0 Å². The normalized spacial score (nSPS) is 14.1. The highest BCUT2D eigenvalue weighted by atomic mass is 16.7. The molecule has 5 nitrogen and oxygen atoms in total. The minimum atomic E-state index is -0.471. The van der Waals surface area contributed by atoms with Crippen LogP contribution in [0.1, 0.15) is 30.1 Å². The van der Waals surface area contributed by atoms with E-state index in [0.29, 0.717) is 31.5 Å². The summed E-state index contributed by atoms with van der Waals surface area (Å²) in [7, 11) is 0. The lowest BCUT2D eigenvalue weighted by Crippen LogP contribution is -2.37. The van der Waals surface area contributed by atoms with Crippen molar-refractivity contribution in [1.82, 2.24) is 4.90 Å². The fourth-order valence-corrected chi connectivity index (χ4v) is 2.86. The summed E-state index contributed by atoms with van der Waals surface area (Å²) in [4.78, 5) is 30.7. The summed E-state index contributed by atoms with van der Waals surface area (Å²) in [6.45, 7) is 2.79. The Morgan fingerprint density at radius 1 is 0.960 bits per heavy atom. The van der Waals surface area contributed by atoms with Gasteiger partial charge in [0.25, 0.3) is 0 Å². The van der Waals surface area contributed by atoms with E-state index in [1.807, 2.05) is 48.5 Å². The molecule has 1 amide bonds. The van der Waals surface area contributed by atoms with E-state index in [1.54, 1.807) is 17.9 Å². The molecule has 0 aromatic heterocycles. The second-order valence-electron chi connectivity index (χ2n) is 5.95. The molecule has 2 aromatic carbocycles. The average molecular weight is 336 g/mol. The van der Waals surface area contributed by atoms with Crippen LogP contribution in [0.2, 0.25) is 0 Å². The molecule has 128 valence electrons. The first kappa shape index (κ1) is 16.9. The Morgan fingerprint density at radius 2 is 1.60 bits per heavy atom. The molecule has 1 aliphatic rings. The summed E-state index contributed by atoms with van der Waals surface area (Å²) in [5.41, 5.74) is 3.07. The number of rotatable bonds is 3. The van der Waals surface area contributed by atoms with Crippen LogP contribution >= 0.6 is 0 Å². The van der Waals surface area contributed by atoms with Gasteiger partial charge in [0.05, 0.1) is 11.3 Å². The summed E-state index contributed by atoms with van der Waals surface area (Å²) in [6, 6.07) is 17.0. The molecule has 0 unspecified atom stereocenters. The molecule has 0 atom stereocenters. The monoisotopic (exact) mass is 336 g/mol. The van der Waals surface area contributed by atoms with Crippen molar-refractivity contribution < 1.29 is 14.4 Å². The summed E-state index contributed by atoms with van der Waals surface area (Å²) in [6.07, 6.45) is 1.26. The maximum atomic E-state index is 12.5. The van der Waals surface area contributed by atoms with Crippen molar-refractivity contribution in [3.8, 4) is 11.1 Å². The van der Waals surface area contributed by atoms with E-state index in [9.17, 15) is 9.59 Å². The number of nitrogens with zero attached hydrogens (tertiary/aromatic N) is 2. The highest BCUT2D eigenvalue weighted by Crippen LogP contribution is 2.24. The zero-order valence-corrected chi connectivity index (χ0v) is 14.1. The van der Waals surface area contributed by atoms with E-state index in [2.05, 4.69) is 5.16 Å². The second-order valence-corrected chi connectivity index (χ2v) is 5.95. The first-order valence-corrected chi connectivity index (χ1v) is 8.32. The van der Waals surface area contributed by atoms with E-state index in [-0.39, 0.29) is 5.91 Å². The van der Waals surface area contributed by atoms with Gasteiger partial charge in [0.1, 0.15) is 0 Å². The van der Waals surface area contributed by atoms with E-state index >= 15 is 0 Å². The fraction of sp³-hybridized carbons (Fsp3) is 0.250. The van der Waals surface area contributed by atoms with E-state index < -0.39 is 5.97 Å². The van der Waals surface area contributed by atoms with Crippen molar-refractivity contribution in [2.45, 2.75) is 19.8 Å². The molecule has 0 spiro atoms. The van der Waals surface area contributed by atoms with Gasteiger partial charge in [0.2, 0.25) is 5.91 Å². The largest absolute Gasteiger partial charge is 0.366 e. The molecule has 1 aliphatic heterocycles. The minimum absolute atomic E-state index is 0.0628. The van der Waals surface area contributed by atoms with Crippen molar-refractivity contribution >= 4 is 17.6 Å². The maximum absolute atomic E-state index is 12.5. The lowest BCUT2D eigenvalue weighted by atomic mass is 10.00. The van der Waals surface area contributed by atoms with Crippen LogP contribution in [0.15, 0.2) is 59.8 Å². The van der Waals surface area contributed by atoms with Crippen molar-refractivity contribution in [3.05, 3.63) is 60.2 Å². The number of amides is 1. The number of carbonyl (C=O) groups is 2. The van der Waals surface area contributed by atoms with Gasteiger partial charge in [0.15, 0.2) is 0 Å². The lowest BCUT2D eigenvalue weighted by Gasteiger charge is -2.25. The van der Waals surface area contributed by atoms with Crippen molar-refractivity contribution in [2.24, 2.45) is 5.16 Å². The molecule has 1 heterocycles. The first-order valence-electron chi connectivity index (χ1n) is 8.32. The van der Waals surface area contributed by atoms with Gasteiger partial charge in [0, 0.05) is 32.9 Å². The van der Waals surface area contributed by atoms with Crippen LogP contribution in [0.3, 0.4) is 0 Å². The Bertz CT molecular complexity index is 790. The van der Waals surface area contributed by atoms with Crippen LogP contribution in [0.4, 0.5) is 0 Å². The fourth-order valence-electron chi connectivity index (χ4n) is 2.86. The van der Waals surface area contributed by atoms with Crippen LogP contribution in [0.25, 0.3) is 11.1 Å². The Hall–Kier alpha value is -2.95. The Morgan fingerprint density at radius 3 is 2.28 bits per heavy atom. The van der Waals surface area contributed by atoms with Gasteiger partial charge in [-0.25, -0.2) is 4.79 Å². The molecule has 0 bridgehead atoms. The number of hydrogen-bond donors (Lipinski definition) is 0. The van der Waals surface area contributed by atoms with Gasteiger partial charge in [-0.1, -0.05) is 53.7 Å². The summed E-state index contributed by atoms with van der Waals surface area (Å²) >= 11 is 0. The van der Waals surface area contributed by atoms with E-state index in [1.165, 1.54) is 0 Å². The molecular weight excluding hydrogens is 316 g/mol. The third kappa shape index (κ3) is 4.12. The molecule has 0 N–H and O–H groups in total. The summed E-state index contributed by atoms with van der Waals surface area (Å²) < 4.78 is 0. The van der Waals surface area contributed by atoms with Gasteiger partial charge < -0.3 is 9.74 Å². The SMILES string of the molecule is CC(=O)N1CCC(=NOC(=O)c2ccccc2-c2ccccc2)CC1. The van der Waals surface area contributed by atoms with Gasteiger partial charge in [-0.05, 0) is 17.2 Å². The smallest absolute Gasteiger partial charge is 0.342 e. The number of hydrogen-bond acceptors (Lipinski definition) is 4. The predicted molar refractivity (Wildman–Crippen MR) is 96.2 cm³/mol. The van der Waals surface area contributed by atoms with E-state index in [4.69, 9.17) is 4.84 Å². The number of benzene rings is 2. The zero-order chi connectivity index (χ0) is 17.6. The number of piperidine rings is 1. The van der Waals surface area contributed by atoms with Gasteiger partial charge in [-0.3, -0.25) is 4.79 Å². The second kappa shape index (κ2) is 7.75. The molecule has 0 saturated carbocycles. The first-order chi connectivity index (χ1) is 12.1. The molecule has 1 saturated heterocycles. The lowest BCUT2D eigenvalue weighted by molar-refractivity contribution is -0.128. The molecule has 25 heavy (non-hydrogen) atoms. The highest BCUT2D eigenvalue weighted by Gasteiger charge is 2.19. The van der Waals surface area contributed by atoms with Crippen molar-refractivity contribution in [1.29, 1.82) is 0 Å². The highest BCUT2D eigenvalue weighted by molar-refractivity contribution is 5.97. The molecule has 0 radical (unpaired) electrons. The third-order valence-corrected chi connectivity index (χ3v) is 4.28. The van der Waals surface area contributed by atoms with E-state index in [0.717, 1.165) is 16.8 Å². The predicted octanol–water partition coefficient (Wildman–Crippen LogP) is 3.51. The summed E-state index contributed by atoms with van der Waals surface area (Å²) in [5, 5.41) is 4.02. The molecule has 0 aliphatic carbocycles. The Kier molecular flexibility index (Phi) is 5.23. The molecule has 2 aromatic rings. The van der Waals surface area contributed by atoms with Crippen molar-refractivity contribution in [3.63, 3.8) is 0 Å². The van der Waals surface area contributed by atoms with Crippen LogP contribution < -0.4 is 0 Å². The van der Waals surface area contributed by atoms with Gasteiger partial charge in [-0.2, -0.15) is 0 Å². The standard InChI is InChI=1S/C20H20N2O3/c1-15(23)22-13-11-17(12-14-22)21-25-20(24)19-10-6-5-9-18(19)16-7-3-2-4-8-16/h2-10H,11-14H2,1H3.